The average molecular weight is 784 g/mol. The predicted molar refractivity (Wildman–Crippen MR) is 221 cm³/mol. The number of unbranched alkanes of at least 4 members (excludes halogenated alkanes) is 18. The molecule has 0 aliphatic carbocycles. The van der Waals surface area contributed by atoms with Gasteiger partial charge in [0.1, 0.15) is 12.1 Å². The van der Waals surface area contributed by atoms with Crippen LogP contribution >= 0.6 is 7.82 Å². The average Bonchev–Trinajstić information content (AvgIpc) is 3.15. The number of carboxylic acids is 1. The summed E-state index contributed by atoms with van der Waals surface area (Å²) in [7, 11) is -4.62. The molecule has 0 aromatic carbocycles. The highest BCUT2D eigenvalue weighted by atomic mass is 31.2. The van der Waals surface area contributed by atoms with E-state index in [2.05, 4.69) is 62.5 Å². The van der Waals surface area contributed by atoms with Crippen molar-refractivity contribution in [3.63, 3.8) is 0 Å². The van der Waals surface area contributed by atoms with Crippen LogP contribution in [0.3, 0.4) is 0 Å². The number of carbonyl (C=O) groups is 2. The van der Waals surface area contributed by atoms with Gasteiger partial charge in [-0.3, -0.25) is 18.6 Å². The molecule has 3 atom stereocenters. The maximum Gasteiger partial charge on any atom is 0.472 e. The molecule has 3 unspecified atom stereocenters. The van der Waals surface area contributed by atoms with Crippen molar-refractivity contribution in [2.45, 2.75) is 187 Å². The normalized spacial score (nSPS) is 14.4. The first-order chi connectivity index (χ1) is 26.2. The SMILES string of the molecule is CC/C=C\C/C=C\C/C=C\C/C=C\CCCCC(=O)OC(COCCCCCCCCCCCCCCCCCCC)COP(=O)(O)OCC(N)C(=O)O. The summed E-state index contributed by atoms with van der Waals surface area (Å²) in [5.74, 6) is -1.82. The predicted octanol–water partition coefficient (Wildman–Crippen LogP) is 11.5. The largest absolute Gasteiger partial charge is 0.480 e. The second-order valence-corrected chi connectivity index (χ2v) is 15.5. The Hall–Kier alpha value is -2.07. The summed E-state index contributed by atoms with van der Waals surface area (Å²) in [5.41, 5.74) is 5.35. The summed E-state index contributed by atoms with van der Waals surface area (Å²) in [6.07, 6.45) is 44.5. The number of nitrogens with two attached hydrogens (primary N) is 1. The highest BCUT2D eigenvalue weighted by molar-refractivity contribution is 7.47. The molecule has 54 heavy (non-hydrogen) atoms. The van der Waals surface area contributed by atoms with E-state index in [-0.39, 0.29) is 13.0 Å². The van der Waals surface area contributed by atoms with E-state index in [1.807, 2.05) is 0 Å². The lowest BCUT2D eigenvalue weighted by molar-refractivity contribution is -0.154. The molecule has 0 heterocycles. The van der Waals surface area contributed by atoms with E-state index in [9.17, 15) is 19.0 Å². The molecule has 11 heteroatoms. The third kappa shape index (κ3) is 38.2. The van der Waals surface area contributed by atoms with Crippen molar-refractivity contribution in [3.05, 3.63) is 48.6 Å². The quantitative estimate of drug-likeness (QED) is 0.0237. The molecule has 0 aromatic rings. The molecule has 10 nitrogen and oxygen atoms in total. The summed E-state index contributed by atoms with van der Waals surface area (Å²) in [4.78, 5) is 33.5. The van der Waals surface area contributed by atoms with E-state index in [1.54, 1.807) is 0 Å². The first-order valence-corrected chi connectivity index (χ1v) is 22.7. The van der Waals surface area contributed by atoms with Crippen LogP contribution in [0.1, 0.15) is 174 Å². The van der Waals surface area contributed by atoms with Gasteiger partial charge in [0.25, 0.3) is 0 Å². The zero-order chi connectivity index (χ0) is 39.8. The fourth-order valence-corrected chi connectivity index (χ4v) is 6.37. The van der Waals surface area contributed by atoms with Gasteiger partial charge in [-0.15, -0.1) is 0 Å². The van der Waals surface area contributed by atoms with Gasteiger partial charge in [0.05, 0.1) is 19.8 Å². The molecule has 0 spiro atoms. The van der Waals surface area contributed by atoms with Crippen molar-refractivity contribution in [2.75, 3.05) is 26.4 Å². The maximum atomic E-state index is 12.6. The summed E-state index contributed by atoms with van der Waals surface area (Å²) in [5, 5.41) is 8.89. The number of carboxylic acid groups (broad SMARTS) is 1. The Morgan fingerprint density at radius 1 is 0.611 bits per heavy atom. The van der Waals surface area contributed by atoms with Gasteiger partial charge in [-0.05, 0) is 51.4 Å². The molecule has 0 fully saturated rings. The van der Waals surface area contributed by atoms with E-state index >= 15 is 0 Å². The Morgan fingerprint density at radius 2 is 1.07 bits per heavy atom. The third-order valence-corrected chi connectivity index (χ3v) is 9.82. The first kappa shape index (κ1) is 51.9. The third-order valence-electron chi connectivity index (χ3n) is 8.87. The fraction of sp³-hybridized carbons (Fsp3) is 0.767. The van der Waals surface area contributed by atoms with Gasteiger partial charge in [0.2, 0.25) is 0 Å². The van der Waals surface area contributed by atoms with Crippen LogP contribution in [-0.2, 0) is 32.7 Å². The van der Waals surface area contributed by atoms with Gasteiger partial charge in [-0.2, -0.15) is 0 Å². The van der Waals surface area contributed by atoms with Crippen molar-refractivity contribution in [1.29, 1.82) is 0 Å². The Kier molecular flexibility index (Phi) is 37.7. The Bertz CT molecular complexity index is 1050. The number of ether oxygens (including phenoxy) is 2. The highest BCUT2D eigenvalue weighted by Gasteiger charge is 2.27. The zero-order valence-corrected chi connectivity index (χ0v) is 35.0. The number of hydrogen-bond donors (Lipinski definition) is 3. The molecular formula is C43H78NO9P. The fourth-order valence-electron chi connectivity index (χ4n) is 5.59. The van der Waals surface area contributed by atoms with Crippen molar-refractivity contribution in [3.8, 4) is 0 Å². The smallest absolute Gasteiger partial charge is 0.472 e. The molecule has 4 N–H and O–H groups in total. The minimum Gasteiger partial charge on any atom is -0.480 e. The second kappa shape index (κ2) is 39.2. The monoisotopic (exact) mass is 784 g/mol. The molecule has 0 bridgehead atoms. The highest BCUT2D eigenvalue weighted by Crippen LogP contribution is 2.43. The van der Waals surface area contributed by atoms with Gasteiger partial charge in [-0.1, -0.05) is 165 Å². The zero-order valence-electron chi connectivity index (χ0n) is 34.1. The minimum atomic E-state index is -4.62. The lowest BCUT2D eigenvalue weighted by Crippen LogP contribution is -2.34. The molecule has 0 aliphatic rings. The first-order valence-electron chi connectivity index (χ1n) is 21.2. The summed E-state index contributed by atoms with van der Waals surface area (Å²) < 4.78 is 33.3. The molecule has 314 valence electrons. The van der Waals surface area contributed by atoms with E-state index in [1.165, 1.54) is 89.9 Å². The van der Waals surface area contributed by atoms with Gasteiger partial charge >= 0.3 is 19.8 Å². The van der Waals surface area contributed by atoms with Gasteiger partial charge in [0.15, 0.2) is 0 Å². The molecule has 0 radical (unpaired) electrons. The topological polar surface area (TPSA) is 155 Å². The molecule has 0 aromatic heterocycles. The van der Waals surface area contributed by atoms with Crippen LogP contribution in [0.25, 0.3) is 0 Å². The number of aliphatic carboxylic acids is 1. The lowest BCUT2D eigenvalue weighted by Gasteiger charge is -2.20. The van der Waals surface area contributed by atoms with Crippen molar-refractivity contribution in [2.24, 2.45) is 5.73 Å². The summed E-state index contributed by atoms with van der Waals surface area (Å²) >= 11 is 0. The van der Waals surface area contributed by atoms with E-state index in [0.717, 1.165) is 57.8 Å². The van der Waals surface area contributed by atoms with Crippen LogP contribution in [0.2, 0.25) is 0 Å². The van der Waals surface area contributed by atoms with E-state index in [4.69, 9.17) is 29.4 Å². The standard InChI is InChI=1S/C43H78NO9P/c1-3-5-7-9-11-13-15-17-19-20-22-24-26-28-30-32-34-36-50-37-40(38-51-54(48,49)52-39-41(44)43(46)47)53-42(45)35-33-31-29-27-25-23-21-18-16-14-12-10-8-6-4-2/h6,8,12,14,18,21,25,27,40-41H,3-5,7,9-11,13,15-17,19-20,22-24,26,28-39,44H2,1-2H3,(H,46,47)(H,48,49)/b8-6-,14-12-,21-18-,27-25-. The number of esters is 1. The molecule has 0 rings (SSSR count). The molecule has 0 saturated carbocycles. The molecular weight excluding hydrogens is 705 g/mol. The molecule has 0 saturated heterocycles. The number of rotatable bonds is 40. The van der Waals surface area contributed by atoms with Gasteiger partial charge < -0.3 is 25.2 Å². The Balaban J connectivity index is 4.30. The number of phosphoric acid groups is 1. The van der Waals surface area contributed by atoms with Crippen molar-refractivity contribution < 1.29 is 42.7 Å². The van der Waals surface area contributed by atoms with E-state index < -0.39 is 45.1 Å². The summed E-state index contributed by atoms with van der Waals surface area (Å²) in [6.45, 7) is 3.72. The van der Waals surface area contributed by atoms with E-state index in [0.29, 0.717) is 13.0 Å². The summed E-state index contributed by atoms with van der Waals surface area (Å²) in [6, 6.07) is -1.48. The second-order valence-electron chi connectivity index (χ2n) is 14.1. The number of carbonyl (C=O) groups excluding carboxylic acids is 1. The van der Waals surface area contributed by atoms with Crippen LogP contribution < -0.4 is 5.73 Å². The van der Waals surface area contributed by atoms with Crippen LogP contribution in [0, 0.1) is 0 Å². The number of hydrogen-bond acceptors (Lipinski definition) is 8. The minimum absolute atomic E-state index is 0.00118. The van der Waals surface area contributed by atoms with Crippen LogP contribution in [0.15, 0.2) is 48.6 Å². The number of allylic oxidation sites excluding steroid dienone is 8. The van der Waals surface area contributed by atoms with Crippen molar-refractivity contribution in [1.82, 2.24) is 0 Å². The van der Waals surface area contributed by atoms with Crippen LogP contribution in [0.5, 0.6) is 0 Å². The maximum absolute atomic E-state index is 12.6. The van der Waals surface area contributed by atoms with Crippen LogP contribution in [0.4, 0.5) is 0 Å². The Morgan fingerprint density at radius 3 is 1.57 bits per heavy atom. The van der Waals surface area contributed by atoms with Gasteiger partial charge in [-0.25, -0.2) is 4.57 Å². The Labute approximate surface area is 329 Å². The molecule has 0 amide bonds. The lowest BCUT2D eigenvalue weighted by atomic mass is 10.0. The van der Waals surface area contributed by atoms with Gasteiger partial charge in [0, 0.05) is 13.0 Å². The number of phosphoric ester groups is 1. The van der Waals surface area contributed by atoms with Crippen molar-refractivity contribution >= 4 is 19.8 Å². The van der Waals surface area contributed by atoms with Crippen LogP contribution in [-0.4, -0.2) is 60.5 Å². The molecule has 0 aliphatic heterocycles.